The van der Waals surface area contributed by atoms with Crippen LogP contribution in [0, 0.1) is 39.9 Å². The maximum atomic E-state index is 12.3. The minimum Gasteiger partial charge on any atom is -0.481 e. The van der Waals surface area contributed by atoms with Crippen molar-refractivity contribution in [3.05, 3.63) is 0 Å². The fourth-order valence-electron chi connectivity index (χ4n) is 10.1. The van der Waals surface area contributed by atoms with E-state index in [1.165, 1.54) is 39.5 Å². The largest absolute Gasteiger partial charge is 0.481 e. The molecule has 2 bridgehead atoms. The van der Waals surface area contributed by atoms with Crippen molar-refractivity contribution in [2.75, 3.05) is 0 Å². The van der Waals surface area contributed by atoms with Crippen LogP contribution < -0.4 is 0 Å². The van der Waals surface area contributed by atoms with Gasteiger partial charge in [0.1, 0.15) is 6.10 Å². The third kappa shape index (κ3) is 4.12. The van der Waals surface area contributed by atoms with Crippen molar-refractivity contribution in [2.45, 2.75) is 124 Å². The Morgan fingerprint density at radius 2 is 1.59 bits per heavy atom. The predicted molar refractivity (Wildman–Crippen MR) is 133 cm³/mol. The third-order valence-electron chi connectivity index (χ3n) is 11.4. The smallest absolute Gasteiger partial charge is 0.306 e. The van der Waals surface area contributed by atoms with Crippen molar-refractivity contribution in [1.29, 1.82) is 0 Å². The van der Waals surface area contributed by atoms with Crippen LogP contribution in [-0.4, -0.2) is 47.3 Å². The highest BCUT2D eigenvalue weighted by atomic mass is 16.8. The summed E-state index contributed by atoms with van der Waals surface area (Å²) in [6.07, 6.45) is 5.12. The molecule has 0 radical (unpaired) electrons. The van der Waals surface area contributed by atoms with Crippen molar-refractivity contribution >= 4 is 17.9 Å². The molecule has 3 aliphatic carbocycles. The molecule has 3 saturated carbocycles. The second-order valence-electron chi connectivity index (χ2n) is 13.8. The van der Waals surface area contributed by atoms with Gasteiger partial charge in [-0.15, -0.1) is 0 Å². The van der Waals surface area contributed by atoms with E-state index in [0.717, 1.165) is 19.3 Å². The van der Waals surface area contributed by atoms with Crippen molar-refractivity contribution in [3.63, 3.8) is 0 Å². The first-order valence-corrected chi connectivity index (χ1v) is 14.1. The highest BCUT2D eigenvalue weighted by molar-refractivity contribution is 5.70. The Balaban J connectivity index is 1.55. The molecule has 0 aromatic heterocycles. The van der Waals surface area contributed by atoms with E-state index in [0.29, 0.717) is 23.7 Å². The molecule has 37 heavy (non-hydrogen) atoms. The number of hydrogen-bond donors (Lipinski definition) is 1. The number of ether oxygens (including phenoxy) is 4. The predicted octanol–water partition coefficient (Wildman–Crippen LogP) is 5.07. The Morgan fingerprint density at radius 3 is 2.24 bits per heavy atom. The Labute approximate surface area is 220 Å². The molecule has 3 unspecified atom stereocenters. The maximum absolute atomic E-state index is 12.3. The fraction of sp³-hybridized carbons (Fsp3) is 0.897. The molecule has 8 nitrogen and oxygen atoms in total. The summed E-state index contributed by atoms with van der Waals surface area (Å²) in [5.41, 5.74) is -1.03. The molecular weight excluding hydrogens is 476 g/mol. The summed E-state index contributed by atoms with van der Waals surface area (Å²) in [7, 11) is 0. The number of hydrogen-bond acceptors (Lipinski definition) is 7. The lowest BCUT2D eigenvalue weighted by Gasteiger charge is -2.67. The van der Waals surface area contributed by atoms with E-state index in [-0.39, 0.29) is 22.7 Å². The zero-order valence-electron chi connectivity index (χ0n) is 23.2. The lowest BCUT2D eigenvalue weighted by atomic mass is 9.38. The third-order valence-corrected chi connectivity index (χ3v) is 11.4. The van der Waals surface area contributed by atoms with Gasteiger partial charge in [0.2, 0.25) is 6.29 Å². The summed E-state index contributed by atoms with van der Waals surface area (Å²) in [4.78, 5) is 36.4. The number of carbonyl (C=O) groups excluding carboxylic acids is 2. The lowest BCUT2D eigenvalue weighted by Crippen LogP contribution is -2.61. The molecule has 0 aromatic rings. The van der Waals surface area contributed by atoms with Gasteiger partial charge in [0.15, 0.2) is 11.9 Å². The maximum Gasteiger partial charge on any atom is 0.306 e. The van der Waals surface area contributed by atoms with E-state index in [1.54, 1.807) is 0 Å². The van der Waals surface area contributed by atoms with E-state index >= 15 is 0 Å². The Kier molecular flexibility index (Phi) is 6.50. The van der Waals surface area contributed by atoms with E-state index in [2.05, 4.69) is 27.7 Å². The van der Waals surface area contributed by atoms with E-state index in [1.807, 2.05) is 0 Å². The van der Waals surface area contributed by atoms with Crippen LogP contribution in [0.25, 0.3) is 0 Å². The van der Waals surface area contributed by atoms with Crippen molar-refractivity contribution in [2.24, 2.45) is 39.9 Å². The van der Waals surface area contributed by atoms with Gasteiger partial charge in [0.05, 0.1) is 6.42 Å². The highest BCUT2D eigenvalue weighted by Gasteiger charge is 2.69. The first-order chi connectivity index (χ1) is 17.2. The van der Waals surface area contributed by atoms with Gasteiger partial charge in [0.25, 0.3) is 0 Å². The second kappa shape index (κ2) is 8.94. The SMILES string of the molecule is CC(=O)O[C@@H]1O[C@H]2OC1(CC(=O)O)[C@H](OC(C)=O)C[C@@H]1[C@@H]2CCC2[C@@]3(C)CCCC(C)(C)C3CC[C@]21C. The molecule has 2 aliphatic heterocycles. The molecule has 8 heteroatoms. The van der Waals surface area contributed by atoms with Crippen molar-refractivity contribution in [3.8, 4) is 0 Å². The molecule has 2 heterocycles. The molecule has 1 N–H and O–H groups in total. The molecule has 2 saturated heterocycles. The van der Waals surface area contributed by atoms with Gasteiger partial charge in [-0.05, 0) is 78.9 Å². The van der Waals surface area contributed by atoms with Gasteiger partial charge in [0, 0.05) is 19.8 Å². The normalized spacial score (nSPS) is 48.0. The molecule has 0 spiro atoms. The van der Waals surface area contributed by atoms with Crippen LogP contribution in [0.5, 0.6) is 0 Å². The summed E-state index contributed by atoms with van der Waals surface area (Å²) in [5.74, 6) is -0.883. The van der Waals surface area contributed by atoms with Crippen LogP contribution in [0.15, 0.2) is 0 Å². The number of fused-ring (bicyclic) bond motifs is 8. The van der Waals surface area contributed by atoms with Crippen LogP contribution >= 0.6 is 0 Å². The van der Waals surface area contributed by atoms with Crippen molar-refractivity contribution in [1.82, 2.24) is 0 Å². The second-order valence-corrected chi connectivity index (χ2v) is 13.8. The summed E-state index contributed by atoms with van der Waals surface area (Å²) >= 11 is 0. The average molecular weight is 521 g/mol. The Hall–Kier alpha value is -1.67. The minimum atomic E-state index is -1.58. The molecule has 10 atom stereocenters. The first kappa shape index (κ1) is 26.9. The van der Waals surface area contributed by atoms with Gasteiger partial charge >= 0.3 is 17.9 Å². The van der Waals surface area contributed by atoms with Crippen LogP contribution in [0.4, 0.5) is 0 Å². The van der Waals surface area contributed by atoms with Crippen LogP contribution in [0.2, 0.25) is 0 Å². The summed E-state index contributed by atoms with van der Waals surface area (Å²) < 4.78 is 24.0. The molecule has 5 aliphatic rings. The average Bonchev–Trinajstić information content (AvgIpc) is 3.03. The minimum absolute atomic E-state index is 0.00675. The quantitative estimate of drug-likeness (QED) is 0.512. The molecule has 5 rings (SSSR count). The lowest BCUT2D eigenvalue weighted by molar-refractivity contribution is -0.228. The highest BCUT2D eigenvalue weighted by Crippen LogP contribution is 2.71. The van der Waals surface area contributed by atoms with Gasteiger partial charge < -0.3 is 24.1 Å². The van der Waals surface area contributed by atoms with Crippen LogP contribution in [0.3, 0.4) is 0 Å². The van der Waals surface area contributed by atoms with Crippen LogP contribution in [-0.2, 0) is 33.3 Å². The molecule has 208 valence electrons. The number of esters is 2. The standard InChI is InChI=1S/C29H44O8/c1-16(30)34-22-14-19-18(24-36-25(35-17(2)31)29(22,37-24)15-23(32)33)8-9-21-27(19,5)13-10-20-26(3,4)11-7-12-28(20,21)6/h18-22,24-25H,7-15H2,1-6H3,(H,32,33)/t18-,19+,20?,21?,22+,24-,25+,27-,28-,29?/m0/s1. The fourth-order valence-corrected chi connectivity index (χ4v) is 10.1. The van der Waals surface area contributed by atoms with Gasteiger partial charge in [-0.1, -0.05) is 34.1 Å². The Morgan fingerprint density at radius 1 is 0.892 bits per heavy atom. The monoisotopic (exact) mass is 520 g/mol. The zero-order chi connectivity index (χ0) is 27.0. The molecule has 0 amide bonds. The summed E-state index contributed by atoms with van der Waals surface area (Å²) in [5, 5.41) is 9.87. The molecular formula is C29H44O8. The van der Waals surface area contributed by atoms with Gasteiger partial charge in [-0.2, -0.15) is 0 Å². The topological polar surface area (TPSA) is 108 Å². The van der Waals surface area contributed by atoms with E-state index in [4.69, 9.17) is 18.9 Å². The zero-order valence-corrected chi connectivity index (χ0v) is 23.2. The number of carboxylic acids is 1. The number of rotatable bonds is 4. The van der Waals surface area contributed by atoms with E-state index in [9.17, 15) is 19.5 Å². The Bertz CT molecular complexity index is 962. The number of carboxylic acid groups (broad SMARTS) is 1. The molecule has 5 fully saturated rings. The van der Waals surface area contributed by atoms with Crippen LogP contribution in [0.1, 0.15) is 99.3 Å². The first-order valence-electron chi connectivity index (χ1n) is 14.1. The van der Waals surface area contributed by atoms with E-state index < -0.39 is 48.6 Å². The van der Waals surface area contributed by atoms with Gasteiger partial charge in [-0.3, -0.25) is 14.4 Å². The summed E-state index contributed by atoms with van der Waals surface area (Å²) in [6, 6.07) is 0. The van der Waals surface area contributed by atoms with Gasteiger partial charge in [-0.25, -0.2) is 0 Å². The number of carbonyl (C=O) groups is 3. The summed E-state index contributed by atoms with van der Waals surface area (Å²) in [6.45, 7) is 12.4. The number of aliphatic carboxylic acids is 1. The van der Waals surface area contributed by atoms with Crippen molar-refractivity contribution < 1.29 is 38.4 Å². The molecule has 0 aromatic carbocycles.